The number of pyridine rings is 1. The van der Waals surface area contributed by atoms with E-state index < -0.39 is 0 Å². The number of aromatic nitrogens is 1. The first-order valence-electron chi connectivity index (χ1n) is 5.34. The van der Waals surface area contributed by atoms with Crippen LogP contribution in [0.4, 0.5) is 0 Å². The van der Waals surface area contributed by atoms with Gasteiger partial charge in [-0.05, 0) is 40.9 Å². The number of hydrogen-bond donors (Lipinski definition) is 0. The van der Waals surface area contributed by atoms with Crippen molar-refractivity contribution >= 4 is 15.9 Å². The molecule has 1 unspecified atom stereocenters. The highest BCUT2D eigenvalue weighted by molar-refractivity contribution is 9.10. The van der Waals surface area contributed by atoms with Crippen molar-refractivity contribution in [2.24, 2.45) is 5.41 Å². The molecule has 1 aliphatic heterocycles. The van der Waals surface area contributed by atoms with Crippen LogP contribution in [0.1, 0.15) is 18.5 Å². The van der Waals surface area contributed by atoms with E-state index in [0.29, 0.717) is 13.0 Å². The molecule has 1 aromatic rings. The Hall–Kier alpha value is -0.920. The van der Waals surface area contributed by atoms with Gasteiger partial charge in [0.1, 0.15) is 0 Å². The molecule has 1 aliphatic rings. The van der Waals surface area contributed by atoms with Gasteiger partial charge >= 0.3 is 0 Å². The molecule has 1 fully saturated rings. The second-order valence-electron chi connectivity index (χ2n) is 4.19. The molecular formula is C12H13BrN2O. The number of hydrogen-bond acceptors (Lipinski definition) is 3. The minimum absolute atomic E-state index is 0.376. The van der Waals surface area contributed by atoms with E-state index in [9.17, 15) is 5.26 Å². The highest BCUT2D eigenvalue weighted by Crippen LogP contribution is 2.31. The molecule has 0 radical (unpaired) electrons. The topological polar surface area (TPSA) is 45.9 Å². The Morgan fingerprint density at radius 2 is 2.44 bits per heavy atom. The number of nitriles is 1. The van der Waals surface area contributed by atoms with Gasteiger partial charge in [-0.15, -0.1) is 0 Å². The molecular weight excluding hydrogens is 268 g/mol. The van der Waals surface area contributed by atoms with Crippen molar-refractivity contribution in [3.63, 3.8) is 0 Å². The van der Waals surface area contributed by atoms with E-state index in [4.69, 9.17) is 4.74 Å². The molecule has 4 heteroatoms. The molecule has 0 amide bonds. The van der Waals surface area contributed by atoms with Crippen LogP contribution in [0.2, 0.25) is 0 Å². The third-order valence-corrected chi connectivity index (χ3v) is 3.34. The zero-order valence-corrected chi connectivity index (χ0v) is 10.5. The summed E-state index contributed by atoms with van der Waals surface area (Å²) in [5.41, 5.74) is 0.578. The van der Waals surface area contributed by atoms with Gasteiger partial charge in [0.05, 0.1) is 18.1 Å². The summed E-state index contributed by atoms with van der Waals surface area (Å²) < 4.78 is 6.37. The summed E-state index contributed by atoms with van der Waals surface area (Å²) >= 11 is 3.35. The van der Waals surface area contributed by atoms with Crippen LogP contribution in [0.5, 0.6) is 0 Å². The Bertz CT molecular complexity index is 390. The van der Waals surface area contributed by atoms with E-state index in [0.717, 1.165) is 29.6 Å². The number of rotatable bonds is 2. The monoisotopic (exact) mass is 280 g/mol. The Morgan fingerprint density at radius 1 is 1.56 bits per heavy atom. The van der Waals surface area contributed by atoms with E-state index in [1.165, 1.54) is 0 Å². The van der Waals surface area contributed by atoms with Crippen LogP contribution in [-0.2, 0) is 11.2 Å². The highest BCUT2D eigenvalue weighted by Gasteiger charge is 2.33. The molecule has 1 atom stereocenters. The quantitative estimate of drug-likeness (QED) is 0.837. The highest BCUT2D eigenvalue weighted by atomic mass is 79.9. The fourth-order valence-corrected chi connectivity index (χ4v) is 2.21. The largest absolute Gasteiger partial charge is 0.380 e. The van der Waals surface area contributed by atoms with Crippen LogP contribution >= 0.6 is 15.9 Å². The molecule has 0 bridgehead atoms. The molecule has 3 nitrogen and oxygen atoms in total. The minimum atomic E-state index is -0.376. The average Bonchev–Trinajstić information content (AvgIpc) is 2.33. The molecule has 0 N–H and O–H groups in total. The van der Waals surface area contributed by atoms with Crippen LogP contribution in [0.15, 0.2) is 22.8 Å². The van der Waals surface area contributed by atoms with Gasteiger partial charge in [0.15, 0.2) is 0 Å². The maximum absolute atomic E-state index is 9.29. The summed E-state index contributed by atoms with van der Waals surface area (Å²) in [6.45, 7) is 1.30. The van der Waals surface area contributed by atoms with Crippen molar-refractivity contribution in [1.82, 2.24) is 4.98 Å². The standard InChI is InChI=1S/C12H13BrN2O/c13-10-2-3-11(15-7-10)6-12(8-14)4-1-5-16-9-12/h2-3,7H,1,4-6,9H2. The fourth-order valence-electron chi connectivity index (χ4n) is 1.98. The van der Waals surface area contributed by atoms with Crippen LogP contribution in [0.25, 0.3) is 0 Å². The van der Waals surface area contributed by atoms with Crippen molar-refractivity contribution in [2.45, 2.75) is 19.3 Å². The first-order chi connectivity index (χ1) is 7.74. The smallest absolute Gasteiger partial charge is 0.0862 e. The minimum Gasteiger partial charge on any atom is -0.380 e. The lowest BCUT2D eigenvalue weighted by molar-refractivity contribution is 0.0219. The van der Waals surface area contributed by atoms with E-state index >= 15 is 0 Å². The molecule has 0 saturated carbocycles. The maximum atomic E-state index is 9.29. The summed E-state index contributed by atoms with van der Waals surface area (Å²) in [6, 6.07) is 6.32. The van der Waals surface area contributed by atoms with Gasteiger partial charge in [0.25, 0.3) is 0 Å². The van der Waals surface area contributed by atoms with Gasteiger partial charge in [-0.1, -0.05) is 0 Å². The zero-order valence-electron chi connectivity index (χ0n) is 8.95. The Kier molecular flexibility index (Phi) is 3.57. The summed E-state index contributed by atoms with van der Waals surface area (Å²) in [7, 11) is 0. The number of halogens is 1. The third-order valence-electron chi connectivity index (χ3n) is 2.87. The first-order valence-corrected chi connectivity index (χ1v) is 6.13. The summed E-state index contributed by atoms with van der Waals surface area (Å²) in [5, 5.41) is 9.29. The summed E-state index contributed by atoms with van der Waals surface area (Å²) in [6.07, 6.45) is 4.31. The van der Waals surface area contributed by atoms with Crippen molar-refractivity contribution in [2.75, 3.05) is 13.2 Å². The molecule has 1 saturated heterocycles. The fraction of sp³-hybridized carbons (Fsp3) is 0.500. The molecule has 84 valence electrons. The molecule has 0 spiro atoms. The summed E-state index contributed by atoms with van der Waals surface area (Å²) in [4.78, 5) is 4.31. The van der Waals surface area contributed by atoms with Crippen LogP contribution in [0.3, 0.4) is 0 Å². The predicted molar refractivity (Wildman–Crippen MR) is 63.7 cm³/mol. The Balaban J connectivity index is 2.12. The van der Waals surface area contributed by atoms with E-state index in [-0.39, 0.29) is 5.41 Å². The SMILES string of the molecule is N#CC1(Cc2ccc(Br)cn2)CCCOC1. The van der Waals surface area contributed by atoms with E-state index in [2.05, 4.69) is 27.0 Å². The van der Waals surface area contributed by atoms with Crippen LogP contribution in [0, 0.1) is 16.7 Å². The molecule has 16 heavy (non-hydrogen) atoms. The lowest BCUT2D eigenvalue weighted by atomic mass is 9.80. The van der Waals surface area contributed by atoms with E-state index in [1.54, 1.807) is 6.20 Å². The van der Waals surface area contributed by atoms with Gasteiger partial charge in [0, 0.05) is 29.4 Å². The lowest BCUT2D eigenvalue weighted by Crippen LogP contribution is -2.32. The zero-order chi connectivity index (χ0) is 11.4. The molecule has 2 heterocycles. The molecule has 0 aromatic carbocycles. The third kappa shape index (κ3) is 2.60. The Labute approximate surface area is 104 Å². The normalized spacial score (nSPS) is 25.0. The first kappa shape index (κ1) is 11.6. The van der Waals surface area contributed by atoms with E-state index in [1.807, 2.05) is 12.1 Å². The van der Waals surface area contributed by atoms with Crippen molar-refractivity contribution in [3.05, 3.63) is 28.5 Å². The summed E-state index contributed by atoms with van der Waals surface area (Å²) in [5.74, 6) is 0. The second kappa shape index (κ2) is 4.94. The van der Waals surface area contributed by atoms with Crippen molar-refractivity contribution in [1.29, 1.82) is 5.26 Å². The molecule has 1 aromatic heterocycles. The molecule has 2 rings (SSSR count). The van der Waals surface area contributed by atoms with Crippen LogP contribution < -0.4 is 0 Å². The van der Waals surface area contributed by atoms with Gasteiger partial charge in [-0.3, -0.25) is 4.98 Å². The van der Waals surface area contributed by atoms with Crippen molar-refractivity contribution < 1.29 is 4.74 Å². The van der Waals surface area contributed by atoms with Gasteiger partial charge in [-0.25, -0.2) is 0 Å². The molecule has 0 aliphatic carbocycles. The predicted octanol–water partition coefficient (Wildman–Crippen LogP) is 2.71. The maximum Gasteiger partial charge on any atom is 0.0862 e. The Morgan fingerprint density at radius 3 is 3.00 bits per heavy atom. The number of nitrogens with zero attached hydrogens (tertiary/aromatic N) is 2. The average molecular weight is 281 g/mol. The lowest BCUT2D eigenvalue weighted by Gasteiger charge is -2.30. The van der Waals surface area contributed by atoms with Gasteiger partial charge in [0.2, 0.25) is 0 Å². The number of ether oxygens (including phenoxy) is 1. The van der Waals surface area contributed by atoms with Gasteiger partial charge in [-0.2, -0.15) is 5.26 Å². The second-order valence-corrected chi connectivity index (χ2v) is 5.11. The van der Waals surface area contributed by atoms with Gasteiger partial charge < -0.3 is 4.74 Å². The van der Waals surface area contributed by atoms with Crippen molar-refractivity contribution in [3.8, 4) is 6.07 Å². The van der Waals surface area contributed by atoms with Crippen LogP contribution in [-0.4, -0.2) is 18.2 Å².